The van der Waals surface area contributed by atoms with E-state index < -0.39 is 21.7 Å². The van der Waals surface area contributed by atoms with Gasteiger partial charge in [-0.25, -0.2) is 8.42 Å². The van der Waals surface area contributed by atoms with Gasteiger partial charge in [-0.2, -0.15) is 0 Å². The van der Waals surface area contributed by atoms with Gasteiger partial charge in [-0.3, -0.25) is 4.79 Å². The van der Waals surface area contributed by atoms with Crippen LogP contribution in [0.4, 0.5) is 5.69 Å². The van der Waals surface area contributed by atoms with Crippen molar-refractivity contribution in [1.82, 2.24) is 0 Å². The van der Waals surface area contributed by atoms with Crippen molar-refractivity contribution >= 4 is 38.7 Å². The maximum atomic E-state index is 11.7. The van der Waals surface area contributed by atoms with E-state index in [-0.39, 0.29) is 4.90 Å². The number of benzene rings is 2. The van der Waals surface area contributed by atoms with Crippen LogP contribution in [0.5, 0.6) is 0 Å². The highest BCUT2D eigenvalue weighted by atomic mass is 32.2. The van der Waals surface area contributed by atoms with Crippen LogP contribution in [-0.2, 0) is 14.6 Å². The molecule has 0 heterocycles. The molecule has 6 heteroatoms. The number of allylic oxidation sites excluding steroid dienone is 2. The Balaban J connectivity index is 2.17. The third-order valence-electron chi connectivity index (χ3n) is 5.33. The molecule has 0 amide bonds. The number of carboxylic acids is 1. The Morgan fingerprint density at radius 2 is 1.69 bits per heavy atom. The predicted octanol–water partition coefficient (Wildman–Crippen LogP) is 4.20. The van der Waals surface area contributed by atoms with Crippen LogP contribution in [0.15, 0.2) is 52.9 Å². The van der Waals surface area contributed by atoms with Gasteiger partial charge in [-0.05, 0) is 77.6 Å². The van der Waals surface area contributed by atoms with Crippen LogP contribution in [0.25, 0.3) is 17.2 Å². The Hall–Kier alpha value is -2.86. The van der Waals surface area contributed by atoms with Gasteiger partial charge in [0.25, 0.3) is 0 Å². The average Bonchev–Trinajstić information content (AvgIpc) is 2.91. The smallest absolute Gasteiger partial charge is 0.310 e. The number of fused-ring (bicyclic) bond motifs is 1. The van der Waals surface area contributed by atoms with Gasteiger partial charge in [0.05, 0.1) is 10.8 Å². The monoisotopic (exact) mass is 411 g/mol. The molecule has 0 spiro atoms. The second kappa shape index (κ2) is 7.52. The van der Waals surface area contributed by atoms with E-state index in [0.29, 0.717) is 0 Å². The molecule has 29 heavy (non-hydrogen) atoms. The van der Waals surface area contributed by atoms with Crippen LogP contribution in [0, 0.1) is 5.92 Å². The van der Waals surface area contributed by atoms with Crippen LogP contribution in [0.2, 0.25) is 0 Å². The molecule has 0 aliphatic heterocycles. The largest absolute Gasteiger partial charge is 0.481 e. The quantitative estimate of drug-likeness (QED) is 0.798. The molecule has 1 unspecified atom stereocenters. The lowest BCUT2D eigenvalue weighted by molar-refractivity contribution is -0.139. The standard InChI is InChI=1S/C23H25NO4S/c1-14-20(12-16-6-9-18(10-7-16)29(5,27)28)19-11-8-17(24(3)4)13-21(19)22(14)15(2)23(25)26/h6-13,15H,1-5H3,(H,25,26). The maximum absolute atomic E-state index is 11.7. The van der Waals surface area contributed by atoms with E-state index in [4.69, 9.17) is 0 Å². The van der Waals surface area contributed by atoms with Crippen LogP contribution in [0.1, 0.15) is 30.5 Å². The van der Waals surface area contributed by atoms with E-state index in [2.05, 4.69) is 0 Å². The summed E-state index contributed by atoms with van der Waals surface area (Å²) in [6.45, 7) is 3.65. The lowest BCUT2D eigenvalue weighted by Crippen LogP contribution is -2.12. The number of hydrogen-bond donors (Lipinski definition) is 1. The van der Waals surface area contributed by atoms with Crippen molar-refractivity contribution in [1.29, 1.82) is 0 Å². The highest BCUT2D eigenvalue weighted by molar-refractivity contribution is 7.90. The van der Waals surface area contributed by atoms with Crippen molar-refractivity contribution in [3.63, 3.8) is 0 Å². The fourth-order valence-corrected chi connectivity index (χ4v) is 4.29. The number of sulfone groups is 1. The van der Waals surface area contributed by atoms with E-state index in [1.165, 1.54) is 6.26 Å². The molecule has 5 nitrogen and oxygen atoms in total. The van der Waals surface area contributed by atoms with E-state index in [0.717, 1.165) is 39.1 Å². The molecule has 0 saturated carbocycles. The zero-order valence-electron chi connectivity index (χ0n) is 17.2. The van der Waals surface area contributed by atoms with Gasteiger partial charge in [0.15, 0.2) is 9.84 Å². The molecule has 1 N–H and O–H groups in total. The van der Waals surface area contributed by atoms with Crippen molar-refractivity contribution in [3.8, 4) is 0 Å². The van der Waals surface area contributed by atoms with Crippen molar-refractivity contribution < 1.29 is 18.3 Å². The van der Waals surface area contributed by atoms with Gasteiger partial charge < -0.3 is 10.0 Å². The molecular formula is C23H25NO4S. The van der Waals surface area contributed by atoms with Gasteiger partial charge >= 0.3 is 5.97 Å². The molecule has 1 aliphatic carbocycles. The zero-order valence-corrected chi connectivity index (χ0v) is 18.0. The molecule has 0 aromatic heterocycles. The topological polar surface area (TPSA) is 74.7 Å². The van der Waals surface area contributed by atoms with Gasteiger partial charge in [-0.15, -0.1) is 0 Å². The number of carbonyl (C=O) groups is 1. The Kier molecular flexibility index (Phi) is 5.41. The average molecular weight is 412 g/mol. The predicted molar refractivity (Wildman–Crippen MR) is 118 cm³/mol. The van der Waals surface area contributed by atoms with E-state index in [1.54, 1.807) is 31.2 Å². The minimum absolute atomic E-state index is 0.273. The zero-order chi connectivity index (χ0) is 21.5. The highest BCUT2D eigenvalue weighted by Crippen LogP contribution is 2.46. The molecule has 0 radical (unpaired) electrons. The third-order valence-corrected chi connectivity index (χ3v) is 6.46. The van der Waals surface area contributed by atoms with Crippen LogP contribution in [0.3, 0.4) is 0 Å². The summed E-state index contributed by atoms with van der Waals surface area (Å²) in [5.41, 5.74) is 6.49. The van der Waals surface area contributed by atoms with Crippen molar-refractivity contribution in [2.24, 2.45) is 5.92 Å². The Labute approximate surface area is 171 Å². The third kappa shape index (κ3) is 3.98. The van der Waals surface area contributed by atoms with Crippen molar-refractivity contribution in [2.75, 3.05) is 25.3 Å². The summed E-state index contributed by atoms with van der Waals surface area (Å²) in [7, 11) is 0.655. The molecule has 2 aromatic carbocycles. The Bertz CT molecular complexity index is 1140. The summed E-state index contributed by atoms with van der Waals surface area (Å²) in [4.78, 5) is 14.0. The SMILES string of the molecule is CC1=C(C(C)C(=O)O)c2cc(N(C)C)ccc2C1=Cc1ccc(S(C)(=O)=O)cc1. The van der Waals surface area contributed by atoms with Crippen LogP contribution >= 0.6 is 0 Å². The summed E-state index contributed by atoms with van der Waals surface area (Å²) < 4.78 is 23.4. The van der Waals surface area contributed by atoms with E-state index in [1.807, 2.05) is 50.2 Å². The number of anilines is 1. The molecule has 2 aromatic rings. The summed E-state index contributed by atoms with van der Waals surface area (Å²) in [5, 5.41) is 9.63. The van der Waals surface area contributed by atoms with E-state index in [9.17, 15) is 18.3 Å². The van der Waals surface area contributed by atoms with Crippen LogP contribution < -0.4 is 4.90 Å². The van der Waals surface area contributed by atoms with Gasteiger partial charge in [-0.1, -0.05) is 18.2 Å². The summed E-state index contributed by atoms with van der Waals surface area (Å²) in [5.74, 6) is -1.50. The normalized spacial score (nSPS) is 16.1. The fraction of sp³-hybridized carbons (Fsp3) is 0.261. The Morgan fingerprint density at radius 3 is 2.21 bits per heavy atom. The first-order chi connectivity index (χ1) is 13.5. The molecule has 1 atom stereocenters. The first-order valence-corrected chi connectivity index (χ1v) is 11.2. The van der Waals surface area contributed by atoms with E-state index >= 15 is 0 Å². The molecule has 0 saturated heterocycles. The summed E-state index contributed by atoms with van der Waals surface area (Å²) in [6.07, 6.45) is 3.17. The number of rotatable bonds is 5. The van der Waals surface area contributed by atoms with Gasteiger partial charge in [0.2, 0.25) is 0 Å². The molecule has 1 aliphatic rings. The lowest BCUT2D eigenvalue weighted by atomic mass is 9.93. The summed E-state index contributed by atoms with van der Waals surface area (Å²) in [6, 6.07) is 12.8. The Morgan fingerprint density at radius 1 is 1.07 bits per heavy atom. The number of nitrogens with zero attached hydrogens (tertiary/aromatic N) is 1. The first-order valence-electron chi connectivity index (χ1n) is 9.28. The number of hydrogen-bond acceptors (Lipinski definition) is 4. The first kappa shape index (κ1) is 20.9. The highest BCUT2D eigenvalue weighted by Gasteiger charge is 2.30. The second-order valence-electron chi connectivity index (χ2n) is 7.62. The fourth-order valence-electron chi connectivity index (χ4n) is 3.66. The molecule has 3 rings (SSSR count). The van der Waals surface area contributed by atoms with Gasteiger partial charge in [0, 0.05) is 26.0 Å². The van der Waals surface area contributed by atoms with Gasteiger partial charge in [0.1, 0.15) is 0 Å². The molecule has 0 fully saturated rings. The minimum Gasteiger partial charge on any atom is -0.481 e. The molecule has 152 valence electrons. The van der Waals surface area contributed by atoms with Crippen molar-refractivity contribution in [3.05, 3.63) is 64.7 Å². The van der Waals surface area contributed by atoms with Crippen molar-refractivity contribution in [2.45, 2.75) is 18.7 Å². The number of carboxylic acid groups (broad SMARTS) is 1. The minimum atomic E-state index is -3.25. The molecular weight excluding hydrogens is 386 g/mol. The lowest BCUT2D eigenvalue weighted by Gasteiger charge is -2.16. The summed E-state index contributed by atoms with van der Waals surface area (Å²) >= 11 is 0. The second-order valence-corrected chi connectivity index (χ2v) is 9.64. The maximum Gasteiger partial charge on any atom is 0.310 e. The number of aliphatic carboxylic acids is 1. The van der Waals surface area contributed by atoms with Crippen LogP contribution in [-0.4, -0.2) is 39.8 Å². The molecule has 0 bridgehead atoms.